The molecule has 0 fully saturated rings. The van der Waals surface area contributed by atoms with E-state index < -0.39 is 18.5 Å². The molecular weight excluding hydrogens is 683 g/mol. The molecule has 6 nitrogen and oxygen atoms in total. The van der Waals surface area contributed by atoms with Gasteiger partial charge in [-0.25, -0.2) is 4.79 Å². The highest BCUT2D eigenvalue weighted by atomic mass is 16.6. The van der Waals surface area contributed by atoms with Crippen LogP contribution < -0.4 is 14.4 Å². The summed E-state index contributed by atoms with van der Waals surface area (Å²) < 4.78 is 15.5. The van der Waals surface area contributed by atoms with E-state index in [4.69, 9.17) is 14.2 Å². The largest absolute Gasteiger partial charge is 0.497 e. The minimum atomic E-state index is -0.646. The lowest BCUT2D eigenvalue weighted by Gasteiger charge is -2.28. The minimum absolute atomic E-state index is 0.102. The molecule has 0 saturated heterocycles. The van der Waals surface area contributed by atoms with Crippen LogP contribution in [0.15, 0.2) is 152 Å². The second-order valence-electron chi connectivity index (χ2n) is 14.1. The van der Waals surface area contributed by atoms with Gasteiger partial charge in [0.15, 0.2) is 6.61 Å². The highest BCUT2D eigenvalue weighted by molar-refractivity contribution is 5.86. The summed E-state index contributed by atoms with van der Waals surface area (Å²) in [5, 5.41) is 0. The number of aryl methyl sites for hydroxylation is 1. The number of hydrogen-bond acceptors (Lipinski definition) is 6. The molecule has 0 N–H and O–H groups in total. The number of fused-ring (bicyclic) bond motifs is 3. The van der Waals surface area contributed by atoms with Crippen molar-refractivity contribution in [3.63, 3.8) is 0 Å². The van der Waals surface area contributed by atoms with Crippen LogP contribution in [-0.2, 0) is 19.7 Å². The first kappa shape index (κ1) is 36.7. The molecule has 274 valence electrons. The molecule has 1 aliphatic rings. The molecule has 55 heavy (non-hydrogen) atoms. The fourth-order valence-electron chi connectivity index (χ4n) is 7.12. The van der Waals surface area contributed by atoms with Crippen molar-refractivity contribution in [3.05, 3.63) is 185 Å². The molecule has 0 spiro atoms. The topological polar surface area (TPSA) is 65.1 Å². The van der Waals surface area contributed by atoms with Gasteiger partial charge in [0.25, 0.3) is 0 Å². The number of carbonyl (C=O) groups excluding carboxylic acids is 2. The van der Waals surface area contributed by atoms with Crippen LogP contribution in [0.5, 0.6) is 11.5 Å². The maximum Gasteiger partial charge on any atom is 0.349 e. The summed E-state index contributed by atoms with van der Waals surface area (Å²) in [5.74, 6) is -0.0613. The zero-order valence-electron chi connectivity index (χ0n) is 31.7. The normalized spacial score (nSPS) is 12.9. The number of hydrogen-bond donors (Lipinski definition) is 0. The molecule has 0 amide bonds. The summed E-state index contributed by atoms with van der Waals surface area (Å²) in [5.41, 5.74) is 13.6. The Labute approximate surface area is 322 Å². The molecular formula is C49H43NO5. The van der Waals surface area contributed by atoms with Crippen LogP contribution in [0.4, 0.5) is 17.1 Å². The summed E-state index contributed by atoms with van der Waals surface area (Å²) >= 11 is 0. The molecule has 6 heteroatoms. The maximum atomic E-state index is 12.1. The number of anilines is 3. The first-order chi connectivity index (χ1) is 26.6. The van der Waals surface area contributed by atoms with Gasteiger partial charge in [0.1, 0.15) is 11.5 Å². The first-order valence-electron chi connectivity index (χ1n) is 18.3. The molecule has 6 aromatic carbocycles. The van der Waals surface area contributed by atoms with Crippen LogP contribution in [0, 0.1) is 6.92 Å². The predicted molar refractivity (Wildman–Crippen MR) is 221 cm³/mol. The van der Waals surface area contributed by atoms with Crippen molar-refractivity contribution in [1.82, 2.24) is 0 Å². The summed E-state index contributed by atoms with van der Waals surface area (Å²) in [6.07, 6.45) is 6.20. The fourth-order valence-corrected chi connectivity index (χ4v) is 7.12. The van der Waals surface area contributed by atoms with Crippen molar-refractivity contribution in [2.45, 2.75) is 33.1 Å². The van der Waals surface area contributed by atoms with Gasteiger partial charge in [0.05, 0.1) is 7.11 Å². The van der Waals surface area contributed by atoms with Crippen LogP contribution in [0.1, 0.15) is 54.2 Å². The molecule has 1 aliphatic carbocycles. The molecule has 0 aromatic heterocycles. The Bertz CT molecular complexity index is 2390. The molecule has 0 heterocycles. The number of ether oxygens (including phenoxy) is 3. The maximum absolute atomic E-state index is 12.1. The number of esters is 2. The molecule has 7 rings (SSSR count). The minimum Gasteiger partial charge on any atom is -0.497 e. The van der Waals surface area contributed by atoms with Crippen molar-refractivity contribution >= 4 is 40.6 Å². The Morgan fingerprint density at radius 2 is 1.25 bits per heavy atom. The van der Waals surface area contributed by atoms with Gasteiger partial charge in [0, 0.05) is 29.4 Å². The van der Waals surface area contributed by atoms with Gasteiger partial charge in [-0.1, -0.05) is 117 Å². The van der Waals surface area contributed by atoms with Crippen LogP contribution in [-0.4, -0.2) is 25.7 Å². The predicted octanol–water partition coefficient (Wildman–Crippen LogP) is 11.4. The van der Waals surface area contributed by atoms with Gasteiger partial charge in [-0.05, 0) is 112 Å². The van der Waals surface area contributed by atoms with E-state index in [-0.39, 0.29) is 5.41 Å². The van der Waals surface area contributed by atoms with Crippen LogP contribution in [0.25, 0.3) is 22.8 Å². The summed E-state index contributed by atoms with van der Waals surface area (Å²) in [6, 6.07) is 48.0. The van der Waals surface area contributed by atoms with Crippen LogP contribution in [0.2, 0.25) is 0 Å². The lowest BCUT2D eigenvalue weighted by Crippen LogP contribution is -2.17. The first-order valence-corrected chi connectivity index (χ1v) is 18.3. The van der Waals surface area contributed by atoms with Crippen molar-refractivity contribution in [1.29, 1.82) is 0 Å². The van der Waals surface area contributed by atoms with E-state index in [9.17, 15) is 9.59 Å². The van der Waals surface area contributed by atoms with E-state index in [2.05, 4.69) is 129 Å². The Morgan fingerprint density at radius 3 is 1.89 bits per heavy atom. The highest BCUT2D eigenvalue weighted by Crippen LogP contribution is 2.50. The highest BCUT2D eigenvalue weighted by Gasteiger charge is 2.35. The van der Waals surface area contributed by atoms with E-state index in [1.165, 1.54) is 34.7 Å². The van der Waals surface area contributed by atoms with Crippen LogP contribution in [0.3, 0.4) is 0 Å². The second-order valence-corrected chi connectivity index (χ2v) is 14.1. The van der Waals surface area contributed by atoms with Gasteiger partial charge in [-0.2, -0.15) is 0 Å². The lowest BCUT2D eigenvalue weighted by atomic mass is 9.82. The lowest BCUT2D eigenvalue weighted by molar-refractivity contribution is -0.152. The number of allylic oxidation sites excluding steroid dienone is 2. The van der Waals surface area contributed by atoms with Crippen LogP contribution >= 0.6 is 0 Å². The Balaban J connectivity index is 1.17. The van der Waals surface area contributed by atoms with E-state index >= 15 is 0 Å². The monoisotopic (exact) mass is 725 g/mol. The zero-order chi connectivity index (χ0) is 38.5. The van der Waals surface area contributed by atoms with Crippen molar-refractivity contribution in [2.24, 2.45) is 0 Å². The number of methoxy groups -OCH3 is 1. The Hall–Kier alpha value is -6.66. The third kappa shape index (κ3) is 7.99. The molecule has 0 aliphatic heterocycles. The number of rotatable bonds is 11. The van der Waals surface area contributed by atoms with E-state index in [1.807, 2.05) is 42.5 Å². The SMILES string of the molecule is COc1ccc(/C(=C\C=C\c2ccc(N(c3ccc(C)cc3)c3ccc4c(c3)C(C)(C)c3ccccc3-4)cc2)c2ccc(OC(=O)COC(C)=O)cc2)cc1. The van der Waals surface area contributed by atoms with Crippen molar-refractivity contribution in [2.75, 3.05) is 18.6 Å². The zero-order valence-corrected chi connectivity index (χ0v) is 31.7. The van der Waals surface area contributed by atoms with E-state index in [1.54, 1.807) is 19.2 Å². The van der Waals surface area contributed by atoms with Gasteiger partial charge in [0.2, 0.25) is 0 Å². The van der Waals surface area contributed by atoms with Crippen molar-refractivity contribution < 1.29 is 23.8 Å². The van der Waals surface area contributed by atoms with Gasteiger partial charge in [-0.3, -0.25) is 4.79 Å². The molecule has 0 unspecified atom stereocenters. The Kier molecular flexibility index (Phi) is 10.5. The third-order valence-corrected chi connectivity index (χ3v) is 10.0. The average molecular weight is 726 g/mol. The fraction of sp³-hybridized carbons (Fsp3) is 0.143. The number of carbonyl (C=O) groups is 2. The third-order valence-electron chi connectivity index (χ3n) is 10.0. The Morgan fingerprint density at radius 1 is 0.673 bits per heavy atom. The molecule has 0 saturated carbocycles. The summed E-state index contributed by atoms with van der Waals surface area (Å²) in [6.45, 7) is 7.55. The van der Waals surface area contributed by atoms with Gasteiger partial charge < -0.3 is 19.1 Å². The average Bonchev–Trinajstić information content (AvgIpc) is 3.43. The van der Waals surface area contributed by atoms with Gasteiger partial charge in [-0.15, -0.1) is 0 Å². The molecule has 0 radical (unpaired) electrons. The summed E-state index contributed by atoms with van der Waals surface area (Å²) in [7, 11) is 1.65. The van der Waals surface area contributed by atoms with Gasteiger partial charge >= 0.3 is 11.9 Å². The molecule has 0 bridgehead atoms. The quantitative estimate of drug-likeness (QED) is 0.0753. The van der Waals surface area contributed by atoms with E-state index in [0.717, 1.165) is 45.1 Å². The summed E-state index contributed by atoms with van der Waals surface area (Å²) in [4.78, 5) is 25.5. The second kappa shape index (κ2) is 15.7. The molecule has 6 aromatic rings. The van der Waals surface area contributed by atoms with Crippen molar-refractivity contribution in [3.8, 4) is 22.6 Å². The number of nitrogens with zero attached hydrogens (tertiary/aromatic N) is 1. The van der Waals surface area contributed by atoms with E-state index in [0.29, 0.717) is 5.75 Å². The standard InChI is InChI=1S/C49H43NO5/c1-33-13-21-38(22-14-33)50(40-25-30-45-44-10-6-7-12-46(44)49(3,4)47(45)31-40)39-23-15-35(16-24-39)9-8-11-43(36-17-26-41(53-5)27-18-36)37-19-28-42(29-20-37)55-48(52)32-54-34(2)51/h6-31H,32H2,1-5H3/b9-8+,43-11+. The smallest absolute Gasteiger partial charge is 0.349 e. The molecule has 0 atom stereocenters. The number of benzene rings is 6.